The number of halogens is 2. The van der Waals surface area contributed by atoms with Crippen molar-refractivity contribution in [1.29, 1.82) is 0 Å². The molecule has 0 spiro atoms. The minimum absolute atomic E-state index is 0.137. The summed E-state index contributed by atoms with van der Waals surface area (Å²) in [6.45, 7) is 2.76. The van der Waals surface area contributed by atoms with E-state index in [0.29, 0.717) is 28.6 Å². The van der Waals surface area contributed by atoms with Gasteiger partial charge in [0.25, 0.3) is 5.91 Å². The van der Waals surface area contributed by atoms with E-state index in [0.717, 1.165) is 12.8 Å². The Kier molecular flexibility index (Phi) is 7.21. The van der Waals surface area contributed by atoms with Gasteiger partial charge in [-0.25, -0.2) is 0 Å². The van der Waals surface area contributed by atoms with E-state index in [4.69, 9.17) is 28.3 Å². The molecule has 0 heterocycles. The minimum Gasteiger partial charge on any atom is -0.396 e. The molecular formula is C14H19Cl2NO2. The summed E-state index contributed by atoms with van der Waals surface area (Å²) in [6, 6.07) is 4.81. The molecule has 1 amide bonds. The van der Waals surface area contributed by atoms with Crippen LogP contribution in [0.4, 0.5) is 0 Å². The zero-order valence-corrected chi connectivity index (χ0v) is 12.5. The van der Waals surface area contributed by atoms with Gasteiger partial charge in [-0.1, -0.05) is 36.5 Å². The molecule has 3 nitrogen and oxygen atoms in total. The Morgan fingerprint density at radius 2 is 2.11 bits per heavy atom. The molecule has 5 heteroatoms. The first-order valence-electron chi connectivity index (χ1n) is 6.42. The fourth-order valence-electron chi connectivity index (χ4n) is 1.94. The van der Waals surface area contributed by atoms with Crippen molar-refractivity contribution in [2.45, 2.75) is 26.2 Å². The Morgan fingerprint density at radius 3 is 2.74 bits per heavy atom. The fourth-order valence-corrected chi connectivity index (χ4v) is 2.32. The predicted molar refractivity (Wildman–Crippen MR) is 78.9 cm³/mol. The third-order valence-corrected chi connectivity index (χ3v) is 3.52. The largest absolute Gasteiger partial charge is 0.396 e. The van der Waals surface area contributed by atoms with E-state index in [1.165, 1.54) is 0 Å². The second-order valence-corrected chi connectivity index (χ2v) is 5.34. The lowest BCUT2D eigenvalue weighted by Gasteiger charge is -2.16. The number of aliphatic hydroxyl groups is 1. The van der Waals surface area contributed by atoms with Crippen molar-refractivity contribution in [3.05, 3.63) is 33.8 Å². The first-order chi connectivity index (χ1) is 9.08. The number of hydrogen-bond donors (Lipinski definition) is 2. The van der Waals surface area contributed by atoms with Crippen molar-refractivity contribution in [3.8, 4) is 0 Å². The zero-order chi connectivity index (χ0) is 14.3. The van der Waals surface area contributed by atoms with Crippen LogP contribution in [0.25, 0.3) is 0 Å². The number of hydrogen-bond acceptors (Lipinski definition) is 2. The van der Waals surface area contributed by atoms with Crippen LogP contribution >= 0.6 is 23.2 Å². The molecule has 1 aromatic carbocycles. The number of rotatable bonds is 7. The Hall–Kier alpha value is -0.770. The van der Waals surface area contributed by atoms with E-state index in [2.05, 4.69) is 12.2 Å². The van der Waals surface area contributed by atoms with E-state index >= 15 is 0 Å². The monoisotopic (exact) mass is 303 g/mol. The van der Waals surface area contributed by atoms with E-state index in [1.807, 2.05) is 0 Å². The number of aliphatic hydroxyl groups excluding tert-OH is 1. The van der Waals surface area contributed by atoms with Crippen LogP contribution in [0.15, 0.2) is 18.2 Å². The highest BCUT2D eigenvalue weighted by molar-refractivity contribution is 6.35. The zero-order valence-electron chi connectivity index (χ0n) is 11.0. The normalized spacial score (nSPS) is 12.2. The highest BCUT2D eigenvalue weighted by Crippen LogP contribution is 2.20. The lowest BCUT2D eigenvalue weighted by Crippen LogP contribution is -2.30. The van der Waals surface area contributed by atoms with Gasteiger partial charge < -0.3 is 10.4 Å². The Bertz CT molecular complexity index is 418. The summed E-state index contributed by atoms with van der Waals surface area (Å²) in [7, 11) is 0. The Labute approximate surface area is 123 Å². The predicted octanol–water partition coefficient (Wildman–Crippen LogP) is 3.52. The molecular weight excluding hydrogens is 285 g/mol. The van der Waals surface area contributed by atoms with Gasteiger partial charge in [-0.3, -0.25) is 4.79 Å². The third kappa shape index (κ3) is 5.39. The molecule has 1 unspecified atom stereocenters. The summed E-state index contributed by atoms with van der Waals surface area (Å²) < 4.78 is 0. The van der Waals surface area contributed by atoms with Crippen LogP contribution in [0.2, 0.25) is 10.0 Å². The summed E-state index contributed by atoms with van der Waals surface area (Å²) >= 11 is 11.8. The highest BCUT2D eigenvalue weighted by atomic mass is 35.5. The molecule has 0 aliphatic heterocycles. The SMILES string of the molecule is CCCC(CCO)CNC(=O)c1cc(Cl)ccc1Cl. The topological polar surface area (TPSA) is 49.3 Å². The average molecular weight is 304 g/mol. The van der Waals surface area contributed by atoms with Crippen LogP contribution in [0, 0.1) is 5.92 Å². The minimum atomic E-state index is -0.230. The van der Waals surface area contributed by atoms with Crippen LogP contribution in [0.1, 0.15) is 36.5 Å². The molecule has 1 atom stereocenters. The smallest absolute Gasteiger partial charge is 0.252 e. The molecule has 106 valence electrons. The van der Waals surface area contributed by atoms with Gasteiger partial charge in [-0.2, -0.15) is 0 Å². The van der Waals surface area contributed by atoms with Crippen LogP contribution in [-0.4, -0.2) is 24.2 Å². The molecule has 19 heavy (non-hydrogen) atoms. The number of nitrogens with one attached hydrogen (secondary N) is 1. The van der Waals surface area contributed by atoms with Crippen molar-refractivity contribution in [2.75, 3.05) is 13.2 Å². The number of carbonyl (C=O) groups excluding carboxylic acids is 1. The molecule has 0 aromatic heterocycles. The van der Waals surface area contributed by atoms with Crippen molar-refractivity contribution in [2.24, 2.45) is 5.92 Å². The molecule has 0 aliphatic carbocycles. The lowest BCUT2D eigenvalue weighted by atomic mass is 10.00. The molecule has 1 rings (SSSR count). The second kappa shape index (κ2) is 8.41. The van der Waals surface area contributed by atoms with Crippen molar-refractivity contribution in [3.63, 3.8) is 0 Å². The molecule has 2 N–H and O–H groups in total. The van der Waals surface area contributed by atoms with Gasteiger partial charge in [0.2, 0.25) is 0 Å². The van der Waals surface area contributed by atoms with Gasteiger partial charge in [-0.05, 0) is 37.0 Å². The van der Waals surface area contributed by atoms with Crippen LogP contribution < -0.4 is 5.32 Å². The Balaban J connectivity index is 2.61. The van der Waals surface area contributed by atoms with Gasteiger partial charge in [0.1, 0.15) is 0 Å². The summed E-state index contributed by atoms with van der Waals surface area (Å²) in [4.78, 5) is 12.0. The summed E-state index contributed by atoms with van der Waals surface area (Å²) in [5.41, 5.74) is 0.383. The fraction of sp³-hybridized carbons (Fsp3) is 0.500. The maximum absolute atomic E-state index is 12.0. The van der Waals surface area contributed by atoms with Crippen molar-refractivity contribution in [1.82, 2.24) is 5.32 Å². The lowest BCUT2D eigenvalue weighted by molar-refractivity contribution is 0.0943. The van der Waals surface area contributed by atoms with E-state index in [-0.39, 0.29) is 18.4 Å². The van der Waals surface area contributed by atoms with Gasteiger partial charge in [-0.15, -0.1) is 0 Å². The van der Waals surface area contributed by atoms with Gasteiger partial charge >= 0.3 is 0 Å². The van der Waals surface area contributed by atoms with Crippen LogP contribution in [0.3, 0.4) is 0 Å². The summed E-state index contributed by atoms with van der Waals surface area (Å²) in [5, 5.41) is 12.7. The van der Waals surface area contributed by atoms with Crippen LogP contribution in [0.5, 0.6) is 0 Å². The van der Waals surface area contributed by atoms with Gasteiger partial charge in [0, 0.05) is 18.2 Å². The molecule has 0 saturated carbocycles. The first-order valence-corrected chi connectivity index (χ1v) is 7.18. The second-order valence-electron chi connectivity index (χ2n) is 4.50. The van der Waals surface area contributed by atoms with E-state index in [9.17, 15) is 4.79 Å². The molecule has 0 bridgehead atoms. The molecule has 1 aromatic rings. The quantitative estimate of drug-likeness (QED) is 0.809. The molecule has 0 fully saturated rings. The number of amides is 1. The summed E-state index contributed by atoms with van der Waals surface area (Å²) in [5.74, 6) is 0.0588. The standard InChI is InChI=1S/C14H19Cl2NO2/c1-2-3-10(6-7-18)9-17-14(19)12-8-11(15)4-5-13(12)16/h4-5,8,10,18H,2-3,6-7,9H2,1H3,(H,17,19). The average Bonchev–Trinajstić information content (AvgIpc) is 2.39. The van der Waals surface area contributed by atoms with E-state index in [1.54, 1.807) is 18.2 Å². The molecule has 0 radical (unpaired) electrons. The summed E-state index contributed by atoms with van der Waals surface area (Å²) in [6.07, 6.45) is 2.69. The Morgan fingerprint density at radius 1 is 1.37 bits per heavy atom. The first kappa shape index (κ1) is 16.3. The number of carbonyl (C=O) groups is 1. The van der Waals surface area contributed by atoms with Crippen molar-refractivity contribution >= 4 is 29.1 Å². The molecule has 0 aliphatic rings. The van der Waals surface area contributed by atoms with Crippen LogP contribution in [-0.2, 0) is 0 Å². The molecule has 0 saturated heterocycles. The maximum atomic E-state index is 12.0. The third-order valence-electron chi connectivity index (χ3n) is 2.96. The number of benzene rings is 1. The maximum Gasteiger partial charge on any atom is 0.252 e. The van der Waals surface area contributed by atoms with Crippen molar-refractivity contribution < 1.29 is 9.90 Å². The highest BCUT2D eigenvalue weighted by Gasteiger charge is 2.13. The van der Waals surface area contributed by atoms with E-state index < -0.39 is 0 Å². The van der Waals surface area contributed by atoms with Gasteiger partial charge in [0.15, 0.2) is 0 Å². The van der Waals surface area contributed by atoms with Gasteiger partial charge in [0.05, 0.1) is 10.6 Å².